The standard InChI is InChI=1S/C30H40N6O7.C8H10N2O4/c1-6-35-23(38)13-15-34(30(35)42)16-22(37)32-25(18(4)5)29(41)36-14-9-11-20(36)27(40)33-24(17(2)3)26(39)28-31-19-10-7-8-12-21(19)43-28;1-2-10-6(11)3-4-9(8(10)14)5-7(12)13/h7-8,10,12-13,15,17-18,20,24-26,39H,6,9,11,14,16H2,1-5H3,(H,32,37)(H,33,40);3-4H,2,5H2,1H3,(H,12,13)/t20-,24-,25-,26?;/m0./s1. The molecule has 1 unspecified atom stereocenters. The number of aliphatic hydroxyl groups excluding tert-OH is 1. The minimum absolute atomic E-state index is 0.0931. The van der Waals surface area contributed by atoms with E-state index in [1.807, 2.05) is 19.9 Å². The van der Waals surface area contributed by atoms with Crippen LogP contribution in [0.1, 0.15) is 66.4 Å². The zero-order valence-electron chi connectivity index (χ0n) is 32.8. The van der Waals surface area contributed by atoms with Crippen molar-refractivity contribution in [3.63, 3.8) is 0 Å². The lowest BCUT2D eigenvalue weighted by atomic mass is 9.97. The van der Waals surface area contributed by atoms with Gasteiger partial charge in [-0.05, 0) is 50.7 Å². The molecule has 0 bridgehead atoms. The highest BCUT2D eigenvalue weighted by molar-refractivity contribution is 5.93. The Hall–Kier alpha value is -6.11. The van der Waals surface area contributed by atoms with Crippen LogP contribution in [0.15, 0.2) is 72.4 Å². The molecule has 0 aliphatic carbocycles. The molecular formula is C38H50N8O11. The molecule has 0 saturated carbocycles. The number of carbonyl (C=O) groups excluding carboxylic acids is 3. The molecule has 1 aromatic carbocycles. The second kappa shape index (κ2) is 19.2. The number of oxazole rings is 1. The number of aliphatic carboxylic acids is 1. The Morgan fingerprint density at radius 2 is 1.42 bits per heavy atom. The zero-order valence-corrected chi connectivity index (χ0v) is 32.8. The lowest BCUT2D eigenvalue weighted by Crippen LogP contribution is -2.57. The Balaban J connectivity index is 0.000000433. The van der Waals surface area contributed by atoms with Crippen LogP contribution in [0.2, 0.25) is 0 Å². The second-order valence-corrected chi connectivity index (χ2v) is 14.2. The fourth-order valence-corrected chi connectivity index (χ4v) is 6.49. The number of rotatable bonds is 14. The molecule has 5 rings (SSSR count). The van der Waals surface area contributed by atoms with Crippen molar-refractivity contribution in [2.75, 3.05) is 6.54 Å². The zero-order chi connectivity index (χ0) is 42.1. The maximum atomic E-state index is 13.7. The largest absolute Gasteiger partial charge is 0.480 e. The summed E-state index contributed by atoms with van der Waals surface area (Å²) in [5.41, 5.74) is -0.970. The molecule has 4 heterocycles. The molecule has 3 amide bonds. The quantitative estimate of drug-likeness (QED) is 0.135. The van der Waals surface area contributed by atoms with Crippen LogP contribution in [0, 0.1) is 11.8 Å². The van der Waals surface area contributed by atoms with Crippen LogP contribution in [0.5, 0.6) is 0 Å². The predicted octanol–water partition coefficient (Wildman–Crippen LogP) is 0.292. The number of aromatic nitrogens is 5. The Kier molecular flexibility index (Phi) is 14.7. The number of fused-ring (bicyclic) bond motifs is 1. The molecule has 308 valence electrons. The number of likely N-dealkylation sites (tertiary alicyclic amines) is 1. The predicted molar refractivity (Wildman–Crippen MR) is 206 cm³/mol. The van der Waals surface area contributed by atoms with Gasteiger partial charge in [0.1, 0.15) is 30.7 Å². The van der Waals surface area contributed by atoms with E-state index in [-0.39, 0.29) is 37.4 Å². The molecule has 0 spiro atoms. The SMILES string of the molecule is CCn1c(=O)ccn(CC(=O)N[C@H](C(=O)N2CCC[C@H]2C(=O)N[C@@H](C(C)C)C(O)c2nc3ccccc3o2)C(C)C)c1=O.CCn1c(=O)ccn(CC(=O)O)c1=O. The number of benzene rings is 1. The number of amides is 3. The van der Waals surface area contributed by atoms with Crippen molar-refractivity contribution in [1.29, 1.82) is 0 Å². The number of aliphatic hydroxyl groups is 1. The van der Waals surface area contributed by atoms with E-state index in [0.29, 0.717) is 30.5 Å². The van der Waals surface area contributed by atoms with Gasteiger partial charge in [0.15, 0.2) is 11.7 Å². The van der Waals surface area contributed by atoms with Gasteiger partial charge in [0.25, 0.3) is 11.1 Å². The molecule has 4 N–H and O–H groups in total. The van der Waals surface area contributed by atoms with E-state index >= 15 is 0 Å². The number of para-hydroxylation sites is 2. The van der Waals surface area contributed by atoms with Gasteiger partial charge in [-0.3, -0.25) is 47.0 Å². The molecule has 19 nitrogen and oxygen atoms in total. The monoisotopic (exact) mass is 794 g/mol. The molecule has 3 aromatic heterocycles. The van der Waals surface area contributed by atoms with Crippen LogP contribution < -0.4 is 33.1 Å². The summed E-state index contributed by atoms with van der Waals surface area (Å²) < 4.78 is 9.81. The third kappa shape index (κ3) is 10.4. The normalized spacial score (nSPS) is 15.5. The topological polar surface area (TPSA) is 250 Å². The molecule has 19 heteroatoms. The minimum Gasteiger partial charge on any atom is -0.480 e. The Morgan fingerprint density at radius 1 is 0.842 bits per heavy atom. The van der Waals surface area contributed by atoms with Crippen LogP contribution in [-0.4, -0.2) is 86.7 Å². The van der Waals surface area contributed by atoms with Crippen LogP contribution in [0.25, 0.3) is 11.1 Å². The molecule has 4 atom stereocenters. The average Bonchev–Trinajstić information content (AvgIpc) is 3.83. The molecule has 1 aliphatic heterocycles. The maximum Gasteiger partial charge on any atom is 0.331 e. The Morgan fingerprint density at radius 3 is 1.95 bits per heavy atom. The van der Waals surface area contributed by atoms with E-state index in [4.69, 9.17) is 9.52 Å². The van der Waals surface area contributed by atoms with E-state index < -0.39 is 77.0 Å². The van der Waals surface area contributed by atoms with Gasteiger partial charge in [0.05, 0.1) is 6.04 Å². The molecule has 1 aliphatic rings. The highest BCUT2D eigenvalue weighted by atomic mass is 16.4. The van der Waals surface area contributed by atoms with E-state index in [9.17, 15) is 43.5 Å². The summed E-state index contributed by atoms with van der Waals surface area (Å²) >= 11 is 0. The molecule has 57 heavy (non-hydrogen) atoms. The average molecular weight is 795 g/mol. The highest BCUT2D eigenvalue weighted by Gasteiger charge is 2.40. The maximum absolute atomic E-state index is 13.7. The van der Waals surface area contributed by atoms with Crippen molar-refractivity contribution in [3.05, 3.63) is 96.4 Å². The van der Waals surface area contributed by atoms with Crippen molar-refractivity contribution in [2.24, 2.45) is 11.8 Å². The van der Waals surface area contributed by atoms with Crippen LogP contribution >= 0.6 is 0 Å². The van der Waals surface area contributed by atoms with Gasteiger partial charge in [0.2, 0.25) is 23.6 Å². The molecule has 0 radical (unpaired) electrons. The third-order valence-corrected chi connectivity index (χ3v) is 9.55. The minimum atomic E-state index is -1.21. The number of carbonyl (C=O) groups is 4. The summed E-state index contributed by atoms with van der Waals surface area (Å²) in [5, 5.41) is 25.2. The van der Waals surface area contributed by atoms with Gasteiger partial charge in [-0.15, -0.1) is 0 Å². The summed E-state index contributed by atoms with van der Waals surface area (Å²) in [6.07, 6.45) is 2.24. The number of nitrogens with zero attached hydrogens (tertiary/aromatic N) is 6. The number of carboxylic acids is 1. The third-order valence-electron chi connectivity index (χ3n) is 9.55. The van der Waals surface area contributed by atoms with E-state index in [0.717, 1.165) is 18.3 Å². The highest BCUT2D eigenvalue weighted by Crippen LogP contribution is 2.27. The Bertz CT molecular complexity index is 2290. The second-order valence-electron chi connectivity index (χ2n) is 14.2. The molecule has 1 saturated heterocycles. The summed E-state index contributed by atoms with van der Waals surface area (Å²) in [5.74, 6) is -2.92. The van der Waals surface area contributed by atoms with E-state index in [1.54, 1.807) is 45.9 Å². The first kappa shape index (κ1) is 43.6. The fourth-order valence-electron chi connectivity index (χ4n) is 6.49. The van der Waals surface area contributed by atoms with Gasteiger partial charge >= 0.3 is 17.3 Å². The van der Waals surface area contributed by atoms with Crippen LogP contribution in [0.4, 0.5) is 0 Å². The van der Waals surface area contributed by atoms with Gasteiger partial charge in [0, 0.05) is 44.2 Å². The smallest absolute Gasteiger partial charge is 0.331 e. The molecular weight excluding hydrogens is 744 g/mol. The lowest BCUT2D eigenvalue weighted by Gasteiger charge is -2.32. The number of hydrogen-bond donors (Lipinski definition) is 4. The first-order valence-electron chi connectivity index (χ1n) is 18.7. The first-order chi connectivity index (χ1) is 27.0. The van der Waals surface area contributed by atoms with Gasteiger partial charge in [-0.25, -0.2) is 14.6 Å². The number of hydrogen-bond acceptors (Lipinski definition) is 11. The fraction of sp³-hybridized carbons (Fsp3) is 0.500. The van der Waals surface area contributed by atoms with Crippen molar-refractivity contribution in [2.45, 2.75) is 105 Å². The van der Waals surface area contributed by atoms with Crippen molar-refractivity contribution in [3.8, 4) is 0 Å². The number of carboxylic acid groups (broad SMARTS) is 1. The van der Waals surface area contributed by atoms with Crippen molar-refractivity contribution < 1.29 is 33.8 Å². The summed E-state index contributed by atoms with van der Waals surface area (Å²) in [6, 6.07) is 7.04. The first-order valence-corrected chi connectivity index (χ1v) is 18.7. The summed E-state index contributed by atoms with van der Waals surface area (Å²) in [6.45, 7) is 10.5. The van der Waals surface area contributed by atoms with Crippen molar-refractivity contribution in [1.82, 2.24) is 38.8 Å². The van der Waals surface area contributed by atoms with Crippen LogP contribution in [0.3, 0.4) is 0 Å². The Labute approximate surface area is 326 Å². The van der Waals surface area contributed by atoms with Crippen molar-refractivity contribution >= 4 is 34.8 Å². The van der Waals surface area contributed by atoms with Gasteiger partial charge < -0.3 is 30.2 Å². The van der Waals surface area contributed by atoms with Gasteiger partial charge in [-0.1, -0.05) is 39.8 Å². The molecule has 4 aromatic rings. The lowest BCUT2D eigenvalue weighted by molar-refractivity contribution is -0.143. The van der Waals surface area contributed by atoms with Gasteiger partial charge in [-0.2, -0.15) is 0 Å². The van der Waals surface area contributed by atoms with Crippen LogP contribution in [-0.2, 0) is 45.4 Å². The number of nitrogens with one attached hydrogen (secondary N) is 2. The summed E-state index contributed by atoms with van der Waals surface area (Å²) in [7, 11) is 0. The van der Waals surface area contributed by atoms with E-state index in [2.05, 4.69) is 15.6 Å². The summed E-state index contributed by atoms with van der Waals surface area (Å²) in [4.78, 5) is 103. The van der Waals surface area contributed by atoms with E-state index in [1.165, 1.54) is 29.4 Å². The molecule has 1 fully saturated rings.